The standard InChI is InChI=1S/C10H18N4O/c1-13(14(2)12)10(11)8-4-6-9(15-3)7-5-8/h4-7,10H,11-12H2,1-3H3. The van der Waals surface area contributed by atoms with Crippen molar-refractivity contribution in [2.75, 3.05) is 21.2 Å². The van der Waals surface area contributed by atoms with Crippen LogP contribution >= 0.6 is 0 Å². The van der Waals surface area contributed by atoms with Gasteiger partial charge in [-0.05, 0) is 17.7 Å². The summed E-state index contributed by atoms with van der Waals surface area (Å²) in [5.74, 6) is 6.40. The molecule has 0 aliphatic heterocycles. The molecule has 0 saturated carbocycles. The maximum absolute atomic E-state index is 5.99. The van der Waals surface area contributed by atoms with Crippen molar-refractivity contribution >= 4 is 0 Å². The first-order valence-corrected chi connectivity index (χ1v) is 4.67. The summed E-state index contributed by atoms with van der Waals surface area (Å²) in [4.78, 5) is 0. The summed E-state index contributed by atoms with van der Waals surface area (Å²) in [6.45, 7) is 0. The highest BCUT2D eigenvalue weighted by Gasteiger charge is 2.13. The van der Waals surface area contributed by atoms with E-state index in [0.717, 1.165) is 11.3 Å². The lowest BCUT2D eigenvalue weighted by Crippen LogP contribution is -2.46. The summed E-state index contributed by atoms with van der Waals surface area (Å²) in [6, 6.07) is 7.59. The molecular formula is C10H18N4O. The molecule has 84 valence electrons. The molecule has 0 bridgehead atoms. The van der Waals surface area contributed by atoms with Crippen LogP contribution in [0.25, 0.3) is 0 Å². The molecule has 4 N–H and O–H groups in total. The fourth-order valence-electron chi connectivity index (χ4n) is 1.21. The smallest absolute Gasteiger partial charge is 0.118 e. The minimum absolute atomic E-state index is 0.258. The number of methoxy groups -OCH3 is 1. The second kappa shape index (κ2) is 5.09. The molecule has 0 amide bonds. The minimum atomic E-state index is -0.258. The number of benzene rings is 1. The first-order valence-electron chi connectivity index (χ1n) is 4.67. The largest absolute Gasteiger partial charge is 0.497 e. The van der Waals surface area contributed by atoms with E-state index in [4.69, 9.17) is 16.3 Å². The van der Waals surface area contributed by atoms with Crippen LogP contribution in [0.3, 0.4) is 0 Å². The molecule has 5 nitrogen and oxygen atoms in total. The molecule has 1 aromatic rings. The number of rotatable bonds is 4. The molecular weight excluding hydrogens is 192 g/mol. The number of nitrogens with two attached hydrogens (primary N) is 2. The van der Waals surface area contributed by atoms with Crippen LogP contribution in [0.2, 0.25) is 0 Å². The van der Waals surface area contributed by atoms with Gasteiger partial charge in [-0.2, -0.15) is 5.12 Å². The predicted molar refractivity (Wildman–Crippen MR) is 59.6 cm³/mol. The van der Waals surface area contributed by atoms with E-state index in [1.54, 1.807) is 19.2 Å². The van der Waals surface area contributed by atoms with Crippen LogP contribution in [-0.4, -0.2) is 31.3 Å². The molecule has 1 rings (SSSR count). The van der Waals surface area contributed by atoms with Crippen LogP contribution in [-0.2, 0) is 0 Å². The Kier molecular flexibility index (Phi) is 4.05. The van der Waals surface area contributed by atoms with Gasteiger partial charge in [-0.3, -0.25) is 5.84 Å². The summed E-state index contributed by atoms with van der Waals surface area (Å²) in [7, 11) is 5.20. The Balaban J connectivity index is 2.78. The summed E-state index contributed by atoms with van der Waals surface area (Å²) in [5, 5.41) is 3.19. The molecule has 0 spiro atoms. The van der Waals surface area contributed by atoms with Gasteiger partial charge in [0.15, 0.2) is 0 Å². The first kappa shape index (κ1) is 11.9. The molecule has 15 heavy (non-hydrogen) atoms. The zero-order valence-corrected chi connectivity index (χ0v) is 9.34. The third kappa shape index (κ3) is 2.90. The highest BCUT2D eigenvalue weighted by molar-refractivity contribution is 5.28. The maximum atomic E-state index is 5.99. The van der Waals surface area contributed by atoms with Crippen LogP contribution in [0.1, 0.15) is 11.7 Å². The van der Waals surface area contributed by atoms with Crippen molar-refractivity contribution in [2.24, 2.45) is 11.6 Å². The third-order valence-electron chi connectivity index (χ3n) is 2.36. The van der Waals surface area contributed by atoms with E-state index in [9.17, 15) is 0 Å². The summed E-state index contributed by atoms with van der Waals surface area (Å²) in [5.41, 5.74) is 6.98. The predicted octanol–water partition coefficient (Wildman–Crippen LogP) is 0.305. The Labute approximate surface area is 90.1 Å². The van der Waals surface area contributed by atoms with Gasteiger partial charge < -0.3 is 10.5 Å². The van der Waals surface area contributed by atoms with E-state index < -0.39 is 0 Å². The third-order valence-corrected chi connectivity index (χ3v) is 2.36. The Bertz CT molecular complexity index is 299. The average molecular weight is 210 g/mol. The maximum Gasteiger partial charge on any atom is 0.118 e. The lowest BCUT2D eigenvalue weighted by molar-refractivity contribution is -0.0144. The van der Waals surface area contributed by atoms with E-state index in [1.165, 1.54) is 5.12 Å². The minimum Gasteiger partial charge on any atom is -0.497 e. The normalized spacial score (nSPS) is 13.3. The van der Waals surface area contributed by atoms with Crippen molar-refractivity contribution in [1.82, 2.24) is 10.1 Å². The number of hydrogen-bond donors (Lipinski definition) is 2. The Morgan fingerprint density at radius 3 is 2.13 bits per heavy atom. The van der Waals surface area contributed by atoms with Gasteiger partial charge in [-0.1, -0.05) is 12.1 Å². The average Bonchev–Trinajstić information content (AvgIpc) is 2.27. The van der Waals surface area contributed by atoms with Crippen LogP contribution in [0, 0.1) is 0 Å². The fourth-order valence-corrected chi connectivity index (χ4v) is 1.21. The monoisotopic (exact) mass is 210 g/mol. The first-order chi connectivity index (χ1) is 7.06. The van der Waals surface area contributed by atoms with Crippen molar-refractivity contribution in [1.29, 1.82) is 0 Å². The molecule has 0 aromatic heterocycles. The molecule has 0 radical (unpaired) electrons. The van der Waals surface area contributed by atoms with Crippen molar-refractivity contribution < 1.29 is 4.74 Å². The van der Waals surface area contributed by atoms with Crippen molar-refractivity contribution in [3.8, 4) is 5.75 Å². The summed E-state index contributed by atoms with van der Waals surface area (Å²) >= 11 is 0. The van der Waals surface area contributed by atoms with Gasteiger partial charge >= 0.3 is 0 Å². The molecule has 1 unspecified atom stereocenters. The molecule has 5 heteroatoms. The summed E-state index contributed by atoms with van der Waals surface area (Å²) in [6.07, 6.45) is -0.258. The van der Waals surface area contributed by atoms with E-state index in [0.29, 0.717) is 0 Å². The van der Waals surface area contributed by atoms with E-state index in [2.05, 4.69) is 0 Å². The summed E-state index contributed by atoms with van der Waals surface area (Å²) < 4.78 is 5.07. The molecule has 0 heterocycles. The quantitative estimate of drug-likeness (QED) is 0.425. The fraction of sp³-hybridized carbons (Fsp3) is 0.400. The molecule has 0 aliphatic rings. The van der Waals surface area contributed by atoms with Gasteiger partial charge in [-0.25, -0.2) is 5.01 Å². The molecule has 0 fully saturated rings. The topological polar surface area (TPSA) is 67.8 Å². The van der Waals surface area contributed by atoms with Gasteiger partial charge in [0.25, 0.3) is 0 Å². The van der Waals surface area contributed by atoms with Crippen LogP contribution in [0.15, 0.2) is 24.3 Å². The number of hydrogen-bond acceptors (Lipinski definition) is 5. The van der Waals surface area contributed by atoms with Crippen LogP contribution in [0.5, 0.6) is 5.75 Å². The van der Waals surface area contributed by atoms with E-state index >= 15 is 0 Å². The molecule has 1 atom stereocenters. The van der Waals surface area contributed by atoms with E-state index in [-0.39, 0.29) is 6.17 Å². The zero-order chi connectivity index (χ0) is 11.4. The molecule has 0 saturated heterocycles. The molecule has 1 aromatic carbocycles. The van der Waals surface area contributed by atoms with Gasteiger partial charge in [0.2, 0.25) is 0 Å². The van der Waals surface area contributed by atoms with Gasteiger partial charge in [0, 0.05) is 14.1 Å². The Morgan fingerprint density at radius 1 is 1.20 bits per heavy atom. The SMILES string of the molecule is COc1ccc(C(N)N(C)N(C)N)cc1. The van der Waals surface area contributed by atoms with Gasteiger partial charge in [-0.15, -0.1) is 0 Å². The lowest BCUT2D eigenvalue weighted by Gasteiger charge is -2.29. The second-order valence-corrected chi connectivity index (χ2v) is 3.37. The van der Waals surface area contributed by atoms with Crippen LogP contribution < -0.4 is 16.3 Å². The van der Waals surface area contributed by atoms with Gasteiger partial charge in [0.1, 0.15) is 5.75 Å². The highest BCUT2D eigenvalue weighted by Crippen LogP contribution is 2.17. The van der Waals surface area contributed by atoms with E-state index in [1.807, 2.05) is 31.3 Å². The number of nitrogens with zero attached hydrogens (tertiary/aromatic N) is 2. The number of hydrazine groups is 2. The van der Waals surface area contributed by atoms with Crippen molar-refractivity contribution in [3.63, 3.8) is 0 Å². The Hall–Kier alpha value is -1.14. The Morgan fingerprint density at radius 2 is 1.73 bits per heavy atom. The van der Waals surface area contributed by atoms with Crippen LogP contribution in [0.4, 0.5) is 0 Å². The van der Waals surface area contributed by atoms with Gasteiger partial charge in [0.05, 0.1) is 13.3 Å². The van der Waals surface area contributed by atoms with Crippen molar-refractivity contribution in [2.45, 2.75) is 6.17 Å². The lowest BCUT2D eigenvalue weighted by atomic mass is 10.1. The zero-order valence-electron chi connectivity index (χ0n) is 9.34. The van der Waals surface area contributed by atoms with Crippen molar-refractivity contribution in [3.05, 3.63) is 29.8 Å². The number of ether oxygens (including phenoxy) is 1. The second-order valence-electron chi connectivity index (χ2n) is 3.37. The molecule has 0 aliphatic carbocycles. The highest BCUT2D eigenvalue weighted by atomic mass is 16.5.